The van der Waals surface area contributed by atoms with Crippen LogP contribution in [0.25, 0.3) is 6.08 Å². The molecule has 36 heavy (non-hydrogen) atoms. The molecule has 0 aromatic heterocycles. The molecule has 2 aromatic rings. The zero-order valence-corrected chi connectivity index (χ0v) is 21.0. The van der Waals surface area contributed by atoms with Crippen molar-refractivity contribution in [2.24, 2.45) is 0 Å². The number of rotatable bonds is 10. The van der Waals surface area contributed by atoms with Gasteiger partial charge in [-0.3, -0.25) is 0 Å². The first-order valence-electron chi connectivity index (χ1n) is 11.6. The van der Waals surface area contributed by atoms with E-state index < -0.39 is 35.9 Å². The van der Waals surface area contributed by atoms with E-state index in [0.29, 0.717) is 23.6 Å². The molecule has 4 atom stereocenters. The summed E-state index contributed by atoms with van der Waals surface area (Å²) in [7, 11) is 2.78. The van der Waals surface area contributed by atoms with Crippen LogP contribution >= 0.6 is 11.6 Å². The Hall–Kier alpha value is -2.91. The van der Waals surface area contributed by atoms with Gasteiger partial charge in [0.15, 0.2) is 5.60 Å². The number of esters is 2. The summed E-state index contributed by atoms with van der Waals surface area (Å²) >= 11 is 5.92. The second kappa shape index (κ2) is 12.9. The van der Waals surface area contributed by atoms with Gasteiger partial charge in [0, 0.05) is 30.5 Å². The number of halogens is 1. The van der Waals surface area contributed by atoms with Gasteiger partial charge < -0.3 is 29.2 Å². The molecule has 0 saturated heterocycles. The summed E-state index contributed by atoms with van der Waals surface area (Å²) in [5.41, 5.74) is 0.243. The van der Waals surface area contributed by atoms with Gasteiger partial charge in [-0.05, 0) is 54.3 Å². The third kappa shape index (κ3) is 7.30. The first kappa shape index (κ1) is 27.7. The van der Waals surface area contributed by atoms with Crippen LogP contribution in [0.3, 0.4) is 0 Å². The highest BCUT2D eigenvalue weighted by Crippen LogP contribution is 2.35. The monoisotopic (exact) mass is 518 g/mol. The molecule has 0 bridgehead atoms. The first-order valence-corrected chi connectivity index (χ1v) is 12.0. The smallest absolute Gasteiger partial charge is 0.338 e. The van der Waals surface area contributed by atoms with E-state index in [9.17, 15) is 19.8 Å². The first-order chi connectivity index (χ1) is 17.3. The minimum Gasteiger partial charge on any atom is -0.497 e. The number of aliphatic hydroxyl groups is 2. The van der Waals surface area contributed by atoms with Crippen molar-refractivity contribution in [2.75, 3.05) is 20.8 Å². The second-order valence-corrected chi connectivity index (χ2v) is 9.05. The molecule has 1 aliphatic rings. The van der Waals surface area contributed by atoms with Gasteiger partial charge in [-0.1, -0.05) is 35.9 Å². The molecule has 2 aromatic carbocycles. The minimum absolute atomic E-state index is 0.152. The molecule has 0 unspecified atom stereocenters. The van der Waals surface area contributed by atoms with Crippen LogP contribution in [-0.4, -0.2) is 66.9 Å². The van der Waals surface area contributed by atoms with Crippen LogP contribution in [-0.2, 0) is 30.2 Å². The van der Waals surface area contributed by atoms with Gasteiger partial charge in [0.1, 0.15) is 18.0 Å². The lowest BCUT2D eigenvalue weighted by atomic mass is 9.79. The summed E-state index contributed by atoms with van der Waals surface area (Å²) in [6.07, 6.45) is -0.189. The standard InChI is InChI=1S/C27H31ClO8/c1-33-21-12-7-19(8-13-21)9-14-24(30)36-23-17-27(26(32)34-2,16-22(29)25(23)31)35-15-3-4-18-5-10-20(28)11-6-18/h5-14,22-23,25,29,31H,3-4,15-17H2,1-2H3/t22-,23+,25+,27-/m0/s1. The van der Waals surface area contributed by atoms with Crippen molar-refractivity contribution in [3.63, 3.8) is 0 Å². The van der Waals surface area contributed by atoms with Crippen LogP contribution in [0.2, 0.25) is 5.02 Å². The topological polar surface area (TPSA) is 112 Å². The van der Waals surface area contributed by atoms with Crippen LogP contribution in [0.15, 0.2) is 54.6 Å². The van der Waals surface area contributed by atoms with Gasteiger partial charge in [0.25, 0.3) is 0 Å². The molecule has 0 heterocycles. The summed E-state index contributed by atoms with van der Waals surface area (Å²) in [5, 5.41) is 21.6. The molecule has 0 aliphatic heterocycles. The highest BCUT2D eigenvalue weighted by atomic mass is 35.5. The fraction of sp³-hybridized carbons (Fsp3) is 0.407. The van der Waals surface area contributed by atoms with E-state index in [1.54, 1.807) is 49.6 Å². The fourth-order valence-corrected chi connectivity index (χ4v) is 4.26. The Bertz CT molecular complexity index is 1040. The van der Waals surface area contributed by atoms with Crippen LogP contribution in [0.4, 0.5) is 0 Å². The van der Waals surface area contributed by atoms with E-state index in [0.717, 1.165) is 11.1 Å². The molecule has 9 heteroatoms. The Morgan fingerprint density at radius 2 is 1.75 bits per heavy atom. The Kier molecular flexibility index (Phi) is 9.89. The fourth-order valence-electron chi connectivity index (χ4n) is 4.14. The number of aryl methyl sites for hydroxylation is 1. The van der Waals surface area contributed by atoms with E-state index in [4.69, 9.17) is 30.5 Å². The number of aliphatic hydroxyl groups excluding tert-OH is 2. The molecule has 2 N–H and O–H groups in total. The van der Waals surface area contributed by atoms with E-state index >= 15 is 0 Å². The highest BCUT2D eigenvalue weighted by molar-refractivity contribution is 6.30. The van der Waals surface area contributed by atoms with Gasteiger partial charge >= 0.3 is 11.9 Å². The summed E-state index contributed by atoms with van der Waals surface area (Å²) in [6.45, 7) is 0.193. The van der Waals surface area contributed by atoms with E-state index in [1.165, 1.54) is 13.2 Å². The number of carbonyl (C=O) groups is 2. The van der Waals surface area contributed by atoms with Crippen molar-refractivity contribution in [2.45, 2.75) is 49.6 Å². The molecule has 194 valence electrons. The average molecular weight is 519 g/mol. The maximum absolute atomic E-state index is 12.7. The third-order valence-electron chi connectivity index (χ3n) is 6.10. The summed E-state index contributed by atoms with van der Waals surface area (Å²) < 4.78 is 21.4. The Labute approximate surface area is 215 Å². The molecular formula is C27H31ClO8. The van der Waals surface area contributed by atoms with Crippen LogP contribution in [0, 0.1) is 0 Å². The molecule has 8 nitrogen and oxygen atoms in total. The number of hydrogen-bond donors (Lipinski definition) is 2. The van der Waals surface area contributed by atoms with Gasteiger partial charge in [0.2, 0.25) is 0 Å². The number of carbonyl (C=O) groups excluding carboxylic acids is 2. The predicted molar refractivity (Wildman–Crippen MR) is 134 cm³/mol. The average Bonchev–Trinajstić information content (AvgIpc) is 2.89. The minimum atomic E-state index is -1.56. The Morgan fingerprint density at radius 3 is 2.39 bits per heavy atom. The van der Waals surface area contributed by atoms with Gasteiger partial charge in [-0.2, -0.15) is 0 Å². The lowest BCUT2D eigenvalue weighted by Crippen LogP contribution is -2.58. The zero-order chi connectivity index (χ0) is 26.1. The summed E-state index contributed by atoms with van der Waals surface area (Å²) in [6, 6.07) is 14.5. The van der Waals surface area contributed by atoms with Gasteiger partial charge in [-0.25, -0.2) is 9.59 Å². The number of ether oxygens (including phenoxy) is 4. The summed E-state index contributed by atoms with van der Waals surface area (Å²) in [5.74, 6) is -0.749. The number of benzene rings is 2. The van der Waals surface area contributed by atoms with Crippen molar-refractivity contribution in [1.82, 2.24) is 0 Å². The lowest BCUT2D eigenvalue weighted by Gasteiger charge is -2.42. The zero-order valence-electron chi connectivity index (χ0n) is 20.3. The molecule has 1 aliphatic carbocycles. The Morgan fingerprint density at radius 1 is 1.06 bits per heavy atom. The maximum Gasteiger partial charge on any atom is 0.338 e. The SMILES string of the molecule is COC(=O)[C@]1(OCCCc2ccc(Cl)cc2)C[C@H](O)[C@@H](O)[C@H](OC(=O)C=Cc2ccc(OC)cc2)C1. The van der Waals surface area contributed by atoms with Crippen LogP contribution in [0.5, 0.6) is 5.75 Å². The Balaban J connectivity index is 1.64. The number of hydrogen-bond acceptors (Lipinski definition) is 8. The normalized spacial score (nSPS) is 23.9. The second-order valence-electron chi connectivity index (χ2n) is 8.61. The molecule has 0 amide bonds. The van der Waals surface area contributed by atoms with E-state index in [1.807, 2.05) is 12.1 Å². The third-order valence-corrected chi connectivity index (χ3v) is 6.35. The van der Waals surface area contributed by atoms with Crippen molar-refractivity contribution in [3.05, 3.63) is 70.8 Å². The molecule has 3 rings (SSSR count). The van der Waals surface area contributed by atoms with E-state index in [-0.39, 0.29) is 19.4 Å². The molecule has 1 saturated carbocycles. The largest absolute Gasteiger partial charge is 0.497 e. The van der Waals surface area contributed by atoms with E-state index in [2.05, 4.69) is 0 Å². The molecule has 1 fully saturated rings. The quantitative estimate of drug-likeness (QED) is 0.280. The van der Waals surface area contributed by atoms with Crippen molar-refractivity contribution in [1.29, 1.82) is 0 Å². The summed E-state index contributed by atoms with van der Waals surface area (Å²) in [4.78, 5) is 25.2. The van der Waals surface area contributed by atoms with Gasteiger partial charge in [0.05, 0.1) is 20.3 Å². The molecule has 0 radical (unpaired) electrons. The van der Waals surface area contributed by atoms with Crippen molar-refractivity contribution in [3.8, 4) is 5.75 Å². The predicted octanol–water partition coefficient (Wildman–Crippen LogP) is 3.35. The lowest BCUT2D eigenvalue weighted by molar-refractivity contribution is -0.209. The number of methoxy groups -OCH3 is 2. The highest BCUT2D eigenvalue weighted by Gasteiger charge is 2.53. The van der Waals surface area contributed by atoms with Gasteiger partial charge in [-0.15, -0.1) is 0 Å². The maximum atomic E-state index is 12.7. The van der Waals surface area contributed by atoms with Crippen molar-refractivity contribution >= 4 is 29.6 Å². The van der Waals surface area contributed by atoms with Crippen LogP contribution in [0.1, 0.15) is 30.4 Å². The molecular weight excluding hydrogens is 488 g/mol. The molecule has 0 spiro atoms. The van der Waals surface area contributed by atoms with Crippen molar-refractivity contribution < 1.29 is 38.7 Å². The van der Waals surface area contributed by atoms with Crippen LogP contribution < -0.4 is 4.74 Å².